The van der Waals surface area contributed by atoms with Crippen LogP contribution in [0.25, 0.3) is 27.8 Å². The van der Waals surface area contributed by atoms with Crippen LogP contribution in [-0.4, -0.2) is 4.40 Å². The lowest BCUT2D eigenvalue weighted by Crippen LogP contribution is -2.03. The SMILES string of the molecule is CC(C)c1c(-c2ccccc2)cc(-c2ccccc2)c2cccn12. The van der Waals surface area contributed by atoms with Crippen LogP contribution < -0.4 is 0 Å². The standard InChI is InChI=1S/C23H21N/c1-17(2)23-21(19-12-7-4-8-13-19)16-20(18-10-5-3-6-11-18)22-14-9-15-24(22)23/h3-17H,1-2H3. The zero-order valence-electron chi connectivity index (χ0n) is 14.1. The van der Waals surface area contributed by atoms with Gasteiger partial charge in [-0.2, -0.15) is 0 Å². The Labute approximate surface area is 143 Å². The number of fused-ring (bicyclic) bond motifs is 1. The topological polar surface area (TPSA) is 4.41 Å². The van der Waals surface area contributed by atoms with Crippen LogP contribution in [0.5, 0.6) is 0 Å². The van der Waals surface area contributed by atoms with E-state index in [2.05, 4.69) is 103 Å². The fraction of sp³-hybridized carbons (Fsp3) is 0.130. The minimum atomic E-state index is 0.444. The first-order chi connectivity index (χ1) is 11.8. The van der Waals surface area contributed by atoms with Gasteiger partial charge < -0.3 is 4.40 Å². The van der Waals surface area contributed by atoms with Gasteiger partial charge in [0, 0.05) is 23.0 Å². The monoisotopic (exact) mass is 311 g/mol. The summed E-state index contributed by atoms with van der Waals surface area (Å²) in [5.41, 5.74) is 7.75. The maximum absolute atomic E-state index is 2.36. The molecule has 118 valence electrons. The second-order valence-corrected chi connectivity index (χ2v) is 6.51. The molecule has 1 heteroatoms. The smallest absolute Gasteiger partial charge is 0.0531 e. The maximum atomic E-state index is 2.36. The molecule has 0 fully saturated rings. The van der Waals surface area contributed by atoms with Gasteiger partial charge >= 0.3 is 0 Å². The van der Waals surface area contributed by atoms with Crippen LogP contribution in [0.4, 0.5) is 0 Å². The summed E-state index contributed by atoms with van der Waals surface area (Å²) in [5, 5.41) is 0. The molecule has 0 amide bonds. The average molecular weight is 311 g/mol. The fourth-order valence-electron chi connectivity index (χ4n) is 3.52. The molecule has 0 aliphatic carbocycles. The predicted octanol–water partition coefficient (Wildman–Crippen LogP) is 6.40. The summed E-state index contributed by atoms with van der Waals surface area (Å²) in [6.45, 7) is 4.53. The third-order valence-electron chi connectivity index (χ3n) is 4.57. The molecule has 24 heavy (non-hydrogen) atoms. The van der Waals surface area contributed by atoms with Crippen molar-refractivity contribution in [1.29, 1.82) is 0 Å². The Balaban J connectivity index is 2.09. The third-order valence-corrected chi connectivity index (χ3v) is 4.57. The van der Waals surface area contributed by atoms with Crippen molar-refractivity contribution in [3.63, 3.8) is 0 Å². The molecule has 2 heterocycles. The highest BCUT2D eigenvalue weighted by Crippen LogP contribution is 2.36. The second kappa shape index (κ2) is 6.01. The van der Waals surface area contributed by atoms with E-state index in [0.717, 1.165) is 0 Å². The van der Waals surface area contributed by atoms with E-state index in [0.29, 0.717) is 5.92 Å². The number of hydrogen-bond donors (Lipinski definition) is 0. The molecule has 2 aromatic carbocycles. The van der Waals surface area contributed by atoms with Crippen molar-refractivity contribution in [2.45, 2.75) is 19.8 Å². The summed E-state index contributed by atoms with van der Waals surface area (Å²) in [6.07, 6.45) is 2.18. The number of nitrogens with zero attached hydrogens (tertiary/aromatic N) is 1. The molecule has 0 aliphatic rings. The van der Waals surface area contributed by atoms with Crippen molar-refractivity contribution in [3.8, 4) is 22.3 Å². The van der Waals surface area contributed by atoms with Crippen LogP contribution in [-0.2, 0) is 0 Å². The molecule has 2 aromatic heterocycles. The van der Waals surface area contributed by atoms with Gasteiger partial charge in [-0.05, 0) is 35.2 Å². The zero-order valence-corrected chi connectivity index (χ0v) is 14.1. The van der Waals surface area contributed by atoms with Crippen molar-refractivity contribution >= 4 is 5.52 Å². The first-order valence-electron chi connectivity index (χ1n) is 8.50. The normalized spacial score (nSPS) is 11.3. The highest BCUT2D eigenvalue weighted by Gasteiger charge is 2.16. The second-order valence-electron chi connectivity index (χ2n) is 6.51. The summed E-state index contributed by atoms with van der Waals surface area (Å²) in [4.78, 5) is 0. The Bertz CT molecular complexity index is 963. The van der Waals surface area contributed by atoms with E-state index in [1.165, 1.54) is 33.5 Å². The molecule has 0 radical (unpaired) electrons. The van der Waals surface area contributed by atoms with Gasteiger partial charge in [0.05, 0.1) is 5.52 Å². The number of rotatable bonds is 3. The van der Waals surface area contributed by atoms with Crippen molar-refractivity contribution in [2.75, 3.05) is 0 Å². The molecule has 0 saturated carbocycles. The molecule has 4 rings (SSSR count). The minimum Gasteiger partial charge on any atom is -0.319 e. The van der Waals surface area contributed by atoms with Gasteiger partial charge in [0.25, 0.3) is 0 Å². The van der Waals surface area contributed by atoms with Crippen molar-refractivity contribution < 1.29 is 0 Å². The molecule has 0 unspecified atom stereocenters. The summed E-state index contributed by atoms with van der Waals surface area (Å²) in [6, 6.07) is 28.1. The fourth-order valence-corrected chi connectivity index (χ4v) is 3.52. The summed E-state index contributed by atoms with van der Waals surface area (Å²) in [7, 11) is 0. The van der Waals surface area contributed by atoms with E-state index in [1.807, 2.05) is 0 Å². The largest absolute Gasteiger partial charge is 0.319 e. The highest BCUT2D eigenvalue weighted by molar-refractivity contribution is 5.86. The van der Waals surface area contributed by atoms with E-state index in [4.69, 9.17) is 0 Å². The lowest BCUT2D eigenvalue weighted by atomic mass is 9.93. The van der Waals surface area contributed by atoms with Gasteiger partial charge in [-0.15, -0.1) is 0 Å². The molecule has 4 aromatic rings. The maximum Gasteiger partial charge on any atom is 0.0531 e. The van der Waals surface area contributed by atoms with Gasteiger partial charge in [0.2, 0.25) is 0 Å². The zero-order chi connectivity index (χ0) is 16.5. The Kier molecular flexibility index (Phi) is 3.70. The van der Waals surface area contributed by atoms with Crippen LogP contribution in [0.1, 0.15) is 25.5 Å². The lowest BCUT2D eigenvalue weighted by molar-refractivity contribution is 0.806. The Morgan fingerprint density at radius 3 is 1.83 bits per heavy atom. The van der Waals surface area contributed by atoms with Crippen LogP contribution >= 0.6 is 0 Å². The molecule has 0 saturated heterocycles. The quantitative estimate of drug-likeness (QED) is 0.412. The summed E-state index contributed by atoms with van der Waals surface area (Å²) in [5.74, 6) is 0.444. The van der Waals surface area contributed by atoms with Crippen molar-refractivity contribution in [2.24, 2.45) is 0 Å². The molecular weight excluding hydrogens is 290 g/mol. The van der Waals surface area contributed by atoms with Crippen molar-refractivity contribution in [3.05, 3.63) is 90.8 Å². The van der Waals surface area contributed by atoms with Gasteiger partial charge in [-0.1, -0.05) is 74.5 Å². The Morgan fingerprint density at radius 1 is 0.667 bits per heavy atom. The number of aromatic nitrogens is 1. The predicted molar refractivity (Wildman–Crippen MR) is 102 cm³/mol. The summed E-state index contributed by atoms with van der Waals surface area (Å²) < 4.78 is 2.36. The first-order valence-corrected chi connectivity index (χ1v) is 8.50. The van der Waals surface area contributed by atoms with Gasteiger partial charge in [-0.3, -0.25) is 0 Å². The van der Waals surface area contributed by atoms with E-state index in [9.17, 15) is 0 Å². The number of hydrogen-bond acceptors (Lipinski definition) is 0. The molecule has 0 aliphatic heterocycles. The third kappa shape index (κ3) is 2.43. The minimum absolute atomic E-state index is 0.444. The van der Waals surface area contributed by atoms with Gasteiger partial charge in [-0.25, -0.2) is 0 Å². The van der Waals surface area contributed by atoms with Gasteiger partial charge in [0.1, 0.15) is 0 Å². The molecule has 0 spiro atoms. The lowest BCUT2D eigenvalue weighted by Gasteiger charge is -2.19. The number of pyridine rings is 1. The van der Waals surface area contributed by atoms with E-state index < -0.39 is 0 Å². The van der Waals surface area contributed by atoms with Crippen LogP contribution in [0.2, 0.25) is 0 Å². The first kappa shape index (κ1) is 14.8. The highest BCUT2D eigenvalue weighted by atomic mass is 14.9. The van der Waals surface area contributed by atoms with E-state index in [-0.39, 0.29) is 0 Å². The Hall–Kier alpha value is -2.80. The Morgan fingerprint density at radius 2 is 1.25 bits per heavy atom. The molecule has 0 atom stereocenters. The van der Waals surface area contributed by atoms with Crippen LogP contribution in [0.3, 0.4) is 0 Å². The van der Waals surface area contributed by atoms with E-state index >= 15 is 0 Å². The molecular formula is C23H21N. The molecule has 1 nitrogen and oxygen atoms in total. The van der Waals surface area contributed by atoms with Crippen LogP contribution in [0, 0.1) is 0 Å². The number of benzene rings is 2. The molecule has 0 bridgehead atoms. The average Bonchev–Trinajstić information content (AvgIpc) is 3.11. The van der Waals surface area contributed by atoms with Crippen LogP contribution in [0.15, 0.2) is 85.1 Å². The van der Waals surface area contributed by atoms with Crippen molar-refractivity contribution in [1.82, 2.24) is 4.40 Å². The molecule has 0 N–H and O–H groups in total. The van der Waals surface area contributed by atoms with E-state index in [1.54, 1.807) is 0 Å². The van der Waals surface area contributed by atoms with Gasteiger partial charge in [0.15, 0.2) is 0 Å². The summed E-state index contributed by atoms with van der Waals surface area (Å²) >= 11 is 0.